The molecule has 0 heterocycles. The highest BCUT2D eigenvalue weighted by Gasteiger charge is 2.19. The Bertz CT molecular complexity index is 346. The summed E-state index contributed by atoms with van der Waals surface area (Å²) < 4.78 is 1.12. The van der Waals surface area contributed by atoms with Crippen LogP contribution in [0.4, 0.5) is 0 Å². The highest BCUT2D eigenvalue weighted by molar-refractivity contribution is 9.10. The van der Waals surface area contributed by atoms with E-state index >= 15 is 0 Å². The molecular weight excluding hydrogens is 300 g/mol. The van der Waals surface area contributed by atoms with Gasteiger partial charge in [0.1, 0.15) is 0 Å². The van der Waals surface area contributed by atoms with E-state index in [-0.39, 0.29) is 0 Å². The van der Waals surface area contributed by atoms with Crippen LogP contribution >= 0.6 is 15.9 Å². The van der Waals surface area contributed by atoms with Gasteiger partial charge >= 0.3 is 0 Å². The highest BCUT2D eigenvalue weighted by Crippen LogP contribution is 2.24. The van der Waals surface area contributed by atoms with Crippen LogP contribution in [0, 0.1) is 5.92 Å². The first-order valence-electron chi connectivity index (χ1n) is 7.35. The van der Waals surface area contributed by atoms with Crippen molar-refractivity contribution in [3.05, 3.63) is 34.3 Å². The van der Waals surface area contributed by atoms with E-state index in [0.717, 1.165) is 23.5 Å². The van der Waals surface area contributed by atoms with Crippen molar-refractivity contribution in [1.29, 1.82) is 0 Å². The maximum absolute atomic E-state index is 6.02. The second kappa shape index (κ2) is 8.72. The van der Waals surface area contributed by atoms with Gasteiger partial charge in [-0.05, 0) is 30.2 Å². The van der Waals surface area contributed by atoms with Crippen LogP contribution in [0.1, 0.15) is 45.2 Å². The first kappa shape index (κ1) is 16.7. The summed E-state index contributed by atoms with van der Waals surface area (Å²) in [4.78, 5) is 2.51. The number of hydrogen-bond acceptors (Lipinski definition) is 2. The molecule has 0 aromatic heterocycles. The lowest BCUT2D eigenvalue weighted by Gasteiger charge is -2.33. The van der Waals surface area contributed by atoms with Gasteiger partial charge in [0, 0.05) is 23.6 Å². The van der Waals surface area contributed by atoms with Crippen molar-refractivity contribution < 1.29 is 0 Å². The summed E-state index contributed by atoms with van der Waals surface area (Å²) in [6, 6.07) is 8.89. The summed E-state index contributed by atoms with van der Waals surface area (Å²) in [7, 11) is 0. The molecule has 108 valence electrons. The van der Waals surface area contributed by atoms with Crippen molar-refractivity contribution in [3.8, 4) is 0 Å². The normalized spacial score (nSPS) is 13.2. The summed E-state index contributed by atoms with van der Waals surface area (Å²) in [5.74, 6) is 0.768. The van der Waals surface area contributed by atoms with Gasteiger partial charge in [-0.25, -0.2) is 0 Å². The Kier molecular flexibility index (Phi) is 7.66. The lowest BCUT2D eigenvalue weighted by Crippen LogP contribution is -2.37. The number of nitrogens with two attached hydrogens (primary N) is 1. The third kappa shape index (κ3) is 4.90. The SMILES string of the molecule is CCC(CC)CN(CC)C(CN)c1ccc(Br)cc1. The van der Waals surface area contributed by atoms with E-state index in [1.165, 1.54) is 18.4 Å². The quantitative estimate of drug-likeness (QED) is 0.775. The molecule has 0 spiro atoms. The van der Waals surface area contributed by atoms with Crippen molar-refractivity contribution in [2.75, 3.05) is 19.6 Å². The van der Waals surface area contributed by atoms with Crippen LogP contribution in [0.3, 0.4) is 0 Å². The van der Waals surface area contributed by atoms with E-state index in [1.54, 1.807) is 0 Å². The lowest BCUT2D eigenvalue weighted by atomic mass is 9.99. The van der Waals surface area contributed by atoms with Crippen LogP contribution in [-0.2, 0) is 0 Å². The Labute approximate surface area is 126 Å². The van der Waals surface area contributed by atoms with Crippen molar-refractivity contribution in [3.63, 3.8) is 0 Å². The van der Waals surface area contributed by atoms with E-state index in [2.05, 4.69) is 65.9 Å². The number of nitrogens with zero attached hydrogens (tertiary/aromatic N) is 1. The largest absolute Gasteiger partial charge is 0.329 e. The van der Waals surface area contributed by atoms with Crippen molar-refractivity contribution in [1.82, 2.24) is 4.90 Å². The van der Waals surface area contributed by atoms with E-state index in [0.29, 0.717) is 12.6 Å². The molecule has 0 radical (unpaired) electrons. The fourth-order valence-electron chi connectivity index (χ4n) is 2.54. The second-order valence-corrected chi connectivity index (χ2v) is 5.99. The minimum absolute atomic E-state index is 0.332. The molecule has 0 fully saturated rings. The summed E-state index contributed by atoms with van der Waals surface area (Å²) >= 11 is 3.49. The molecule has 0 bridgehead atoms. The molecule has 1 aromatic rings. The molecule has 1 aromatic carbocycles. The maximum atomic E-state index is 6.02. The Morgan fingerprint density at radius 1 is 1.11 bits per heavy atom. The van der Waals surface area contributed by atoms with Crippen molar-refractivity contribution >= 4 is 15.9 Å². The van der Waals surface area contributed by atoms with Gasteiger partial charge in [-0.1, -0.05) is 61.7 Å². The Balaban J connectivity index is 2.82. The number of benzene rings is 1. The van der Waals surface area contributed by atoms with Crippen LogP contribution < -0.4 is 5.73 Å². The van der Waals surface area contributed by atoms with E-state index in [4.69, 9.17) is 5.73 Å². The highest BCUT2D eigenvalue weighted by atomic mass is 79.9. The molecule has 1 rings (SSSR count). The molecule has 0 saturated carbocycles. The topological polar surface area (TPSA) is 29.3 Å². The minimum Gasteiger partial charge on any atom is -0.329 e. The molecule has 0 saturated heterocycles. The predicted octanol–water partition coefficient (Wildman–Crippen LogP) is 4.21. The number of rotatable bonds is 8. The van der Waals surface area contributed by atoms with E-state index in [9.17, 15) is 0 Å². The predicted molar refractivity (Wildman–Crippen MR) is 87.3 cm³/mol. The Morgan fingerprint density at radius 2 is 1.68 bits per heavy atom. The zero-order valence-electron chi connectivity index (χ0n) is 12.4. The minimum atomic E-state index is 0.332. The summed E-state index contributed by atoms with van der Waals surface area (Å²) in [6.45, 7) is 9.65. The van der Waals surface area contributed by atoms with Crippen LogP contribution in [0.2, 0.25) is 0 Å². The second-order valence-electron chi connectivity index (χ2n) is 5.07. The van der Waals surface area contributed by atoms with Crippen LogP contribution in [0.5, 0.6) is 0 Å². The number of likely N-dealkylation sites (N-methyl/N-ethyl adjacent to an activating group) is 1. The van der Waals surface area contributed by atoms with E-state index in [1.807, 2.05) is 0 Å². The Morgan fingerprint density at radius 3 is 2.11 bits per heavy atom. The molecule has 0 aliphatic carbocycles. The summed E-state index contributed by atoms with van der Waals surface area (Å²) in [5.41, 5.74) is 7.34. The molecule has 2 nitrogen and oxygen atoms in total. The van der Waals surface area contributed by atoms with Gasteiger partial charge in [-0.15, -0.1) is 0 Å². The molecule has 3 heteroatoms. The zero-order valence-corrected chi connectivity index (χ0v) is 14.0. The molecular formula is C16H27BrN2. The smallest absolute Gasteiger partial charge is 0.0470 e. The molecule has 1 unspecified atom stereocenters. The molecule has 0 aliphatic rings. The molecule has 0 amide bonds. The van der Waals surface area contributed by atoms with Gasteiger partial charge in [0.25, 0.3) is 0 Å². The molecule has 19 heavy (non-hydrogen) atoms. The monoisotopic (exact) mass is 326 g/mol. The standard InChI is InChI=1S/C16H27BrN2/c1-4-13(5-2)12-19(6-3)16(11-18)14-7-9-15(17)10-8-14/h7-10,13,16H,4-6,11-12,18H2,1-3H3. The van der Waals surface area contributed by atoms with E-state index < -0.39 is 0 Å². The van der Waals surface area contributed by atoms with Gasteiger partial charge < -0.3 is 5.73 Å². The van der Waals surface area contributed by atoms with Crippen LogP contribution in [-0.4, -0.2) is 24.5 Å². The average molecular weight is 327 g/mol. The summed E-state index contributed by atoms with van der Waals surface area (Å²) in [5, 5.41) is 0. The third-order valence-corrected chi connectivity index (χ3v) is 4.50. The van der Waals surface area contributed by atoms with Crippen molar-refractivity contribution in [2.24, 2.45) is 11.7 Å². The maximum Gasteiger partial charge on any atom is 0.0470 e. The fourth-order valence-corrected chi connectivity index (χ4v) is 2.80. The van der Waals surface area contributed by atoms with Crippen molar-refractivity contribution in [2.45, 2.75) is 39.7 Å². The van der Waals surface area contributed by atoms with Gasteiger partial charge in [0.15, 0.2) is 0 Å². The molecule has 2 N–H and O–H groups in total. The van der Waals surface area contributed by atoms with Crippen LogP contribution in [0.25, 0.3) is 0 Å². The van der Waals surface area contributed by atoms with Gasteiger partial charge in [0.2, 0.25) is 0 Å². The third-order valence-electron chi connectivity index (χ3n) is 3.97. The van der Waals surface area contributed by atoms with Crippen LogP contribution in [0.15, 0.2) is 28.7 Å². The molecule has 1 atom stereocenters. The number of halogens is 1. The lowest BCUT2D eigenvalue weighted by molar-refractivity contribution is 0.174. The number of hydrogen-bond donors (Lipinski definition) is 1. The van der Waals surface area contributed by atoms with Gasteiger partial charge in [-0.2, -0.15) is 0 Å². The summed E-state index contributed by atoms with van der Waals surface area (Å²) in [6.07, 6.45) is 2.48. The van der Waals surface area contributed by atoms with Gasteiger partial charge in [0.05, 0.1) is 0 Å². The Hall–Kier alpha value is -0.380. The average Bonchev–Trinajstić information content (AvgIpc) is 2.45. The molecule has 0 aliphatic heterocycles. The van der Waals surface area contributed by atoms with Gasteiger partial charge in [-0.3, -0.25) is 4.90 Å². The first-order chi connectivity index (χ1) is 9.15. The zero-order chi connectivity index (χ0) is 14.3. The first-order valence-corrected chi connectivity index (χ1v) is 8.15. The fraction of sp³-hybridized carbons (Fsp3) is 0.625.